The van der Waals surface area contributed by atoms with Crippen molar-refractivity contribution in [2.45, 2.75) is 45.7 Å². The van der Waals surface area contributed by atoms with Gasteiger partial charge in [-0.25, -0.2) is 4.68 Å². The van der Waals surface area contributed by atoms with Crippen LogP contribution in [0.25, 0.3) is 0 Å². The van der Waals surface area contributed by atoms with Crippen molar-refractivity contribution < 1.29 is 0 Å². The highest BCUT2D eigenvalue weighted by Gasteiger charge is 2.33. The van der Waals surface area contributed by atoms with E-state index in [-0.39, 0.29) is 10.6 Å². The van der Waals surface area contributed by atoms with Crippen LogP contribution in [0.2, 0.25) is 5.02 Å². The van der Waals surface area contributed by atoms with Crippen LogP contribution < -0.4 is 10.9 Å². The van der Waals surface area contributed by atoms with Crippen LogP contribution in [0.5, 0.6) is 0 Å². The predicted molar refractivity (Wildman–Crippen MR) is 69.6 cm³/mol. The minimum absolute atomic E-state index is 0.196. The largest absolute Gasteiger partial charge is 0.379 e. The third kappa shape index (κ3) is 2.80. The Morgan fingerprint density at radius 3 is 2.94 bits per heavy atom. The zero-order chi connectivity index (χ0) is 12.4. The first-order valence-corrected chi connectivity index (χ1v) is 6.53. The lowest BCUT2D eigenvalue weighted by molar-refractivity contribution is 0.543. The van der Waals surface area contributed by atoms with Crippen molar-refractivity contribution in [1.29, 1.82) is 0 Å². The first-order chi connectivity index (χ1) is 8.13. The van der Waals surface area contributed by atoms with Gasteiger partial charge in [0.2, 0.25) is 0 Å². The summed E-state index contributed by atoms with van der Waals surface area (Å²) < 4.78 is 1.44. The van der Waals surface area contributed by atoms with Gasteiger partial charge in [-0.3, -0.25) is 4.79 Å². The van der Waals surface area contributed by atoms with E-state index in [1.807, 2.05) is 0 Å². The van der Waals surface area contributed by atoms with Crippen molar-refractivity contribution in [3.8, 4) is 0 Å². The molecule has 2 atom stereocenters. The Hall–Kier alpha value is -1.03. The van der Waals surface area contributed by atoms with Gasteiger partial charge in [0.05, 0.1) is 11.9 Å². The Morgan fingerprint density at radius 1 is 1.65 bits per heavy atom. The van der Waals surface area contributed by atoms with Crippen molar-refractivity contribution in [2.75, 3.05) is 5.32 Å². The maximum absolute atomic E-state index is 11.9. The van der Waals surface area contributed by atoms with Gasteiger partial charge < -0.3 is 5.32 Å². The van der Waals surface area contributed by atoms with E-state index in [0.717, 1.165) is 19.3 Å². The molecular weight excluding hydrogens is 238 g/mol. The minimum Gasteiger partial charge on any atom is -0.379 e. The van der Waals surface area contributed by atoms with E-state index in [1.165, 1.54) is 4.68 Å². The van der Waals surface area contributed by atoms with Crippen LogP contribution >= 0.6 is 11.6 Å². The summed E-state index contributed by atoms with van der Waals surface area (Å²) in [6.45, 7) is 4.88. The maximum Gasteiger partial charge on any atom is 0.287 e. The summed E-state index contributed by atoms with van der Waals surface area (Å²) in [5, 5.41) is 7.65. The number of rotatable bonds is 5. The molecule has 1 N–H and O–H groups in total. The van der Waals surface area contributed by atoms with Gasteiger partial charge in [0.1, 0.15) is 5.02 Å². The predicted octanol–water partition coefficient (Wildman–Crippen LogP) is 2.52. The van der Waals surface area contributed by atoms with Crippen LogP contribution in [0.4, 0.5) is 5.69 Å². The number of halogens is 1. The SMILES string of the molecule is CCCCn1ncc(NC2CC2C)c(Cl)c1=O. The molecule has 0 saturated heterocycles. The maximum atomic E-state index is 11.9. The van der Waals surface area contributed by atoms with E-state index < -0.39 is 0 Å². The fourth-order valence-electron chi connectivity index (χ4n) is 1.76. The lowest BCUT2D eigenvalue weighted by Crippen LogP contribution is -2.24. The van der Waals surface area contributed by atoms with Crippen molar-refractivity contribution in [1.82, 2.24) is 9.78 Å². The molecule has 0 amide bonds. The molecule has 17 heavy (non-hydrogen) atoms. The van der Waals surface area contributed by atoms with E-state index in [0.29, 0.717) is 24.2 Å². The van der Waals surface area contributed by atoms with Gasteiger partial charge in [-0.15, -0.1) is 0 Å². The van der Waals surface area contributed by atoms with Crippen LogP contribution in [0.3, 0.4) is 0 Å². The van der Waals surface area contributed by atoms with Gasteiger partial charge in [-0.2, -0.15) is 5.10 Å². The highest BCUT2D eigenvalue weighted by molar-refractivity contribution is 6.32. The van der Waals surface area contributed by atoms with E-state index in [9.17, 15) is 4.79 Å². The number of anilines is 1. The fraction of sp³-hybridized carbons (Fsp3) is 0.667. The molecule has 2 unspecified atom stereocenters. The van der Waals surface area contributed by atoms with Gasteiger partial charge in [-0.05, 0) is 18.8 Å². The molecule has 1 aromatic rings. The molecule has 1 aliphatic carbocycles. The molecule has 4 nitrogen and oxygen atoms in total. The number of nitrogens with one attached hydrogen (secondary N) is 1. The summed E-state index contributed by atoms with van der Waals surface area (Å²) in [6.07, 6.45) is 4.76. The molecule has 1 aromatic heterocycles. The highest BCUT2D eigenvalue weighted by Crippen LogP contribution is 2.33. The van der Waals surface area contributed by atoms with Crippen LogP contribution in [0, 0.1) is 5.92 Å². The van der Waals surface area contributed by atoms with E-state index in [2.05, 4.69) is 24.3 Å². The minimum atomic E-state index is -0.196. The number of aromatic nitrogens is 2. The number of hydrogen-bond donors (Lipinski definition) is 1. The normalized spacial score (nSPS) is 22.5. The van der Waals surface area contributed by atoms with Gasteiger partial charge in [0.15, 0.2) is 0 Å². The quantitative estimate of drug-likeness (QED) is 0.880. The zero-order valence-electron chi connectivity index (χ0n) is 10.2. The average Bonchev–Trinajstić information content (AvgIpc) is 3.00. The zero-order valence-corrected chi connectivity index (χ0v) is 11.0. The second-order valence-corrected chi connectivity index (χ2v) is 5.10. The van der Waals surface area contributed by atoms with Crippen molar-refractivity contribution in [3.63, 3.8) is 0 Å². The van der Waals surface area contributed by atoms with Crippen LogP contribution in [-0.4, -0.2) is 15.8 Å². The van der Waals surface area contributed by atoms with Crippen molar-refractivity contribution in [2.24, 2.45) is 5.92 Å². The third-order valence-electron chi connectivity index (χ3n) is 3.16. The van der Waals surface area contributed by atoms with Crippen molar-refractivity contribution in [3.05, 3.63) is 21.6 Å². The molecule has 5 heteroatoms. The Bertz CT molecular complexity index is 458. The molecule has 0 spiro atoms. The molecule has 1 fully saturated rings. The molecule has 1 aliphatic rings. The molecule has 94 valence electrons. The molecule has 0 radical (unpaired) electrons. The van der Waals surface area contributed by atoms with Gasteiger partial charge in [-0.1, -0.05) is 31.9 Å². The van der Waals surface area contributed by atoms with Crippen LogP contribution in [0.15, 0.2) is 11.0 Å². The second-order valence-electron chi connectivity index (χ2n) is 4.72. The lowest BCUT2D eigenvalue weighted by atomic mass is 10.3. The average molecular weight is 256 g/mol. The van der Waals surface area contributed by atoms with Crippen LogP contribution in [0.1, 0.15) is 33.1 Å². The fourth-order valence-corrected chi connectivity index (χ4v) is 1.96. The highest BCUT2D eigenvalue weighted by atomic mass is 35.5. The monoisotopic (exact) mass is 255 g/mol. The first kappa shape index (κ1) is 12.4. The van der Waals surface area contributed by atoms with E-state index in [4.69, 9.17) is 11.6 Å². The standard InChI is InChI=1S/C12H18ClN3O/c1-3-4-5-16-12(17)11(13)10(7-14-16)15-9-6-8(9)2/h7-9,15H,3-6H2,1-2H3. The van der Waals surface area contributed by atoms with Gasteiger partial charge >= 0.3 is 0 Å². The number of unbranched alkanes of at least 4 members (excludes halogenated alkanes) is 1. The third-order valence-corrected chi connectivity index (χ3v) is 3.52. The summed E-state index contributed by atoms with van der Waals surface area (Å²) in [5.41, 5.74) is 0.470. The van der Waals surface area contributed by atoms with Gasteiger partial charge in [0, 0.05) is 12.6 Å². The molecular formula is C12H18ClN3O. The summed E-state index contributed by atoms with van der Waals surface area (Å²) in [4.78, 5) is 11.9. The van der Waals surface area contributed by atoms with E-state index >= 15 is 0 Å². The van der Waals surface area contributed by atoms with E-state index in [1.54, 1.807) is 6.20 Å². The number of aryl methyl sites for hydroxylation is 1. The first-order valence-electron chi connectivity index (χ1n) is 6.15. The Kier molecular flexibility index (Phi) is 3.72. The smallest absolute Gasteiger partial charge is 0.287 e. The topological polar surface area (TPSA) is 46.9 Å². The second kappa shape index (κ2) is 5.08. The summed E-state index contributed by atoms with van der Waals surface area (Å²) in [5.74, 6) is 0.661. The Balaban J connectivity index is 2.14. The lowest BCUT2D eigenvalue weighted by Gasteiger charge is -2.09. The Labute approximate surface area is 106 Å². The van der Waals surface area contributed by atoms with Crippen molar-refractivity contribution >= 4 is 17.3 Å². The number of hydrogen-bond acceptors (Lipinski definition) is 3. The summed E-state index contributed by atoms with van der Waals surface area (Å²) in [7, 11) is 0. The van der Waals surface area contributed by atoms with Crippen LogP contribution in [-0.2, 0) is 6.54 Å². The van der Waals surface area contributed by atoms with Gasteiger partial charge in [0.25, 0.3) is 5.56 Å². The Morgan fingerprint density at radius 2 is 2.35 bits per heavy atom. The molecule has 0 aliphatic heterocycles. The molecule has 1 saturated carbocycles. The number of nitrogens with zero attached hydrogens (tertiary/aromatic N) is 2. The molecule has 0 aromatic carbocycles. The molecule has 0 bridgehead atoms. The summed E-state index contributed by atoms with van der Waals surface area (Å²) >= 11 is 6.06. The summed E-state index contributed by atoms with van der Waals surface area (Å²) in [6, 6.07) is 0.445. The molecule has 1 heterocycles. The molecule has 2 rings (SSSR count).